The number of hydrogen-bond donors (Lipinski definition) is 2. The van der Waals surface area contributed by atoms with E-state index < -0.39 is 5.82 Å². The quantitative estimate of drug-likeness (QED) is 0.398. The first kappa shape index (κ1) is 24.6. The number of nitrogens with zero attached hydrogens (tertiary/aromatic N) is 4. The Morgan fingerprint density at radius 2 is 1.78 bits per heavy atom. The van der Waals surface area contributed by atoms with Crippen molar-refractivity contribution in [1.29, 1.82) is 0 Å². The number of hydrogen-bond acceptors (Lipinski definition) is 5. The number of fused-ring (bicyclic) bond motifs is 1. The molecule has 0 aliphatic carbocycles. The minimum atomic E-state index is -0.487. The summed E-state index contributed by atoms with van der Waals surface area (Å²) >= 11 is 0. The highest BCUT2D eigenvalue weighted by molar-refractivity contribution is 6.08. The molecule has 0 saturated heterocycles. The first-order chi connectivity index (χ1) is 17.1. The van der Waals surface area contributed by atoms with Crippen LogP contribution in [0.1, 0.15) is 12.5 Å². The van der Waals surface area contributed by atoms with Gasteiger partial charge in [-0.3, -0.25) is 9.59 Å². The molecule has 0 spiro atoms. The lowest BCUT2D eigenvalue weighted by Gasteiger charge is -2.13. The van der Waals surface area contributed by atoms with Crippen LogP contribution in [-0.4, -0.2) is 45.3 Å². The molecule has 0 bridgehead atoms. The molecule has 0 fully saturated rings. The summed E-state index contributed by atoms with van der Waals surface area (Å²) in [6, 6.07) is 12.1. The zero-order chi connectivity index (χ0) is 26.1. The lowest BCUT2D eigenvalue weighted by molar-refractivity contribution is -0.128. The summed E-state index contributed by atoms with van der Waals surface area (Å²) in [7, 11) is 5.12. The minimum absolute atomic E-state index is 0.0376. The average molecular weight is 487 g/mol. The number of benzene rings is 2. The second-order valence-corrected chi connectivity index (χ2v) is 8.82. The van der Waals surface area contributed by atoms with Crippen LogP contribution in [0.4, 0.5) is 15.9 Å². The third-order valence-corrected chi connectivity index (χ3v) is 5.98. The van der Waals surface area contributed by atoms with Crippen molar-refractivity contribution in [2.24, 2.45) is 7.05 Å². The Labute approximate surface area is 208 Å². The van der Waals surface area contributed by atoms with Gasteiger partial charge in [-0.25, -0.2) is 14.4 Å². The maximum absolute atomic E-state index is 15.2. The molecule has 0 aliphatic rings. The molecular weight excluding hydrogens is 459 g/mol. The Hall–Kier alpha value is -4.53. The molecule has 0 unspecified atom stereocenters. The number of halogens is 1. The second kappa shape index (κ2) is 9.61. The number of aromatic nitrogens is 3. The average Bonchev–Trinajstić information content (AvgIpc) is 3.14. The zero-order valence-corrected chi connectivity index (χ0v) is 20.6. The van der Waals surface area contributed by atoms with Gasteiger partial charge in [0.05, 0.1) is 17.5 Å². The molecule has 2 heterocycles. The summed E-state index contributed by atoms with van der Waals surface area (Å²) < 4.78 is 17.0. The van der Waals surface area contributed by atoms with Gasteiger partial charge in [-0.05, 0) is 41.8 Å². The van der Waals surface area contributed by atoms with Crippen molar-refractivity contribution in [3.63, 3.8) is 0 Å². The topological polar surface area (TPSA) is 106 Å². The summed E-state index contributed by atoms with van der Waals surface area (Å²) in [6.07, 6.45) is 1.35. The van der Waals surface area contributed by atoms with Crippen LogP contribution in [0.3, 0.4) is 0 Å². The van der Waals surface area contributed by atoms with E-state index in [2.05, 4.69) is 21.9 Å². The lowest BCUT2D eigenvalue weighted by atomic mass is 9.97. The number of amides is 2. The number of aryl methyl sites for hydroxylation is 1. The monoisotopic (exact) mass is 486 g/mol. The molecule has 9 heteroatoms. The van der Waals surface area contributed by atoms with Crippen molar-refractivity contribution < 1.29 is 14.0 Å². The van der Waals surface area contributed by atoms with Gasteiger partial charge in [0.1, 0.15) is 23.6 Å². The minimum Gasteiger partial charge on any atom is -0.383 e. The van der Waals surface area contributed by atoms with E-state index >= 15 is 4.39 Å². The number of nitrogens with one attached hydrogen (secondary N) is 1. The number of carbonyl (C=O) groups excluding carboxylic acids is 2. The van der Waals surface area contributed by atoms with Gasteiger partial charge < -0.3 is 20.5 Å². The van der Waals surface area contributed by atoms with E-state index in [0.717, 1.165) is 11.3 Å². The Bertz CT molecular complexity index is 1510. The van der Waals surface area contributed by atoms with Gasteiger partial charge in [-0.1, -0.05) is 30.8 Å². The summed E-state index contributed by atoms with van der Waals surface area (Å²) in [5.41, 5.74) is 11.0. The van der Waals surface area contributed by atoms with Crippen LogP contribution in [0.25, 0.3) is 33.4 Å². The molecule has 0 radical (unpaired) electrons. The van der Waals surface area contributed by atoms with E-state index in [1.54, 1.807) is 45.3 Å². The standard InChI is InChI=1S/C27H27FN6O2/c1-15(2)27(36)32-19-10-8-16(9-11-19)24-22(23-25(29)30-14-31-26(23)34(24)5)18-7-6-17(20(28)12-18)13-21(35)33(3)4/h6-12,14H,1,13H2,2-5H3,(H,32,36)(H2,29,30,31). The molecule has 4 aromatic rings. The highest BCUT2D eigenvalue weighted by atomic mass is 19.1. The molecule has 8 nitrogen and oxygen atoms in total. The van der Waals surface area contributed by atoms with Gasteiger partial charge >= 0.3 is 0 Å². The molecule has 4 rings (SSSR count). The Balaban J connectivity index is 1.86. The van der Waals surface area contributed by atoms with Gasteiger partial charge in [0, 0.05) is 38.0 Å². The van der Waals surface area contributed by atoms with Crippen LogP contribution in [0.5, 0.6) is 0 Å². The van der Waals surface area contributed by atoms with Crippen LogP contribution in [0, 0.1) is 5.82 Å². The van der Waals surface area contributed by atoms with Crippen molar-refractivity contribution in [3.05, 3.63) is 72.3 Å². The van der Waals surface area contributed by atoms with E-state index in [-0.39, 0.29) is 24.1 Å². The molecule has 184 valence electrons. The molecule has 2 aromatic heterocycles. The summed E-state index contributed by atoms with van der Waals surface area (Å²) in [6.45, 7) is 5.29. The van der Waals surface area contributed by atoms with Crippen LogP contribution in [-0.2, 0) is 23.1 Å². The van der Waals surface area contributed by atoms with Crippen molar-refractivity contribution in [3.8, 4) is 22.4 Å². The van der Waals surface area contributed by atoms with Gasteiger partial charge in [-0.15, -0.1) is 0 Å². The van der Waals surface area contributed by atoms with E-state index in [1.165, 1.54) is 17.3 Å². The zero-order valence-electron chi connectivity index (χ0n) is 20.6. The molecule has 0 saturated carbocycles. The second-order valence-electron chi connectivity index (χ2n) is 8.82. The summed E-state index contributed by atoms with van der Waals surface area (Å²) in [5, 5.41) is 3.39. The lowest BCUT2D eigenvalue weighted by Crippen LogP contribution is -2.23. The highest BCUT2D eigenvalue weighted by Gasteiger charge is 2.23. The van der Waals surface area contributed by atoms with Gasteiger partial charge in [0.25, 0.3) is 5.91 Å². The fourth-order valence-electron chi connectivity index (χ4n) is 4.01. The van der Waals surface area contributed by atoms with Gasteiger partial charge in [0.15, 0.2) is 0 Å². The predicted octanol–water partition coefficient (Wildman–Crippen LogP) is 4.17. The molecule has 2 amide bonds. The number of nitrogens with two attached hydrogens (primary N) is 1. The smallest absolute Gasteiger partial charge is 0.250 e. The largest absolute Gasteiger partial charge is 0.383 e. The molecule has 0 atom stereocenters. The van der Waals surface area contributed by atoms with E-state index in [1.807, 2.05) is 23.7 Å². The van der Waals surface area contributed by atoms with Crippen molar-refractivity contribution >= 4 is 34.4 Å². The fraction of sp³-hybridized carbons (Fsp3) is 0.185. The van der Waals surface area contributed by atoms with Crippen molar-refractivity contribution in [2.45, 2.75) is 13.3 Å². The number of anilines is 2. The predicted molar refractivity (Wildman–Crippen MR) is 140 cm³/mol. The van der Waals surface area contributed by atoms with E-state index in [0.29, 0.717) is 39.0 Å². The summed E-state index contributed by atoms with van der Waals surface area (Å²) in [5.74, 6) is -0.670. The molecule has 36 heavy (non-hydrogen) atoms. The van der Waals surface area contributed by atoms with Gasteiger partial charge in [0.2, 0.25) is 5.91 Å². The molecule has 3 N–H and O–H groups in total. The fourth-order valence-corrected chi connectivity index (χ4v) is 4.01. The molecule has 0 aliphatic heterocycles. The van der Waals surface area contributed by atoms with Crippen LogP contribution < -0.4 is 11.1 Å². The highest BCUT2D eigenvalue weighted by Crippen LogP contribution is 2.42. The number of nitrogen functional groups attached to an aromatic ring is 1. The SMILES string of the molecule is C=C(C)C(=O)Nc1ccc(-c2c(-c3ccc(CC(=O)N(C)C)c(F)c3)c3c(N)ncnc3n2C)cc1. The first-order valence-corrected chi connectivity index (χ1v) is 11.2. The van der Waals surface area contributed by atoms with Crippen LogP contribution in [0.15, 0.2) is 60.9 Å². The molecular formula is C27H27FN6O2. The Morgan fingerprint density at radius 3 is 2.39 bits per heavy atom. The summed E-state index contributed by atoms with van der Waals surface area (Å²) in [4.78, 5) is 34.1. The van der Waals surface area contributed by atoms with E-state index in [4.69, 9.17) is 5.73 Å². The third-order valence-electron chi connectivity index (χ3n) is 5.98. The maximum Gasteiger partial charge on any atom is 0.250 e. The van der Waals surface area contributed by atoms with Crippen molar-refractivity contribution in [1.82, 2.24) is 19.4 Å². The number of carbonyl (C=O) groups is 2. The Morgan fingerprint density at radius 1 is 1.11 bits per heavy atom. The Kier molecular flexibility index (Phi) is 6.57. The third kappa shape index (κ3) is 4.55. The number of likely N-dealkylation sites (N-methyl/N-ethyl adjacent to an activating group) is 1. The van der Waals surface area contributed by atoms with Gasteiger partial charge in [-0.2, -0.15) is 0 Å². The number of rotatable bonds is 6. The molecule has 2 aromatic carbocycles. The first-order valence-electron chi connectivity index (χ1n) is 11.2. The van der Waals surface area contributed by atoms with E-state index in [9.17, 15) is 9.59 Å². The van der Waals surface area contributed by atoms with Crippen LogP contribution >= 0.6 is 0 Å². The maximum atomic E-state index is 15.2. The van der Waals surface area contributed by atoms with Crippen LogP contribution in [0.2, 0.25) is 0 Å². The van der Waals surface area contributed by atoms with Crippen molar-refractivity contribution in [2.75, 3.05) is 25.1 Å². The normalized spacial score (nSPS) is 10.9.